The topological polar surface area (TPSA) is 21.3 Å². The zero-order valence-electron chi connectivity index (χ0n) is 10.5. The summed E-state index contributed by atoms with van der Waals surface area (Å²) in [6.07, 6.45) is 2.07. The summed E-state index contributed by atoms with van der Waals surface area (Å²) < 4.78 is 0. The summed E-state index contributed by atoms with van der Waals surface area (Å²) in [6, 6.07) is 18.9. The number of hydrogen-bond acceptors (Lipinski definition) is 3. The molecule has 0 spiro atoms. The van der Waals surface area contributed by atoms with E-state index >= 15 is 0 Å². The van der Waals surface area contributed by atoms with Crippen LogP contribution in [0.15, 0.2) is 65.6 Å². The molecule has 0 aromatic heterocycles. The summed E-state index contributed by atoms with van der Waals surface area (Å²) >= 11 is 1.85. The van der Waals surface area contributed by atoms with E-state index < -0.39 is 0 Å². The van der Waals surface area contributed by atoms with Crippen molar-refractivity contribution in [2.45, 2.75) is 10.6 Å². The first-order valence-corrected chi connectivity index (χ1v) is 7.26. The maximum atomic E-state index is 5.18. The van der Waals surface area contributed by atoms with E-state index in [2.05, 4.69) is 60.1 Å². The molecule has 0 saturated heterocycles. The summed E-state index contributed by atoms with van der Waals surface area (Å²) in [5.41, 5.74) is 6.57. The predicted molar refractivity (Wildman–Crippen MR) is 79.5 cm³/mol. The smallest absolute Gasteiger partial charge is 0.0951 e. The Bertz CT molecular complexity index is 580. The maximum Gasteiger partial charge on any atom is 0.0951 e. The lowest BCUT2D eigenvalue weighted by molar-refractivity contribution is 0.121. The van der Waals surface area contributed by atoms with Crippen molar-refractivity contribution >= 4 is 17.5 Å². The number of hydrogen-bond donors (Lipinski definition) is 1. The average molecular weight is 269 g/mol. The van der Waals surface area contributed by atoms with E-state index in [0.717, 1.165) is 11.4 Å². The third-order valence-corrected chi connectivity index (χ3v) is 4.11. The van der Waals surface area contributed by atoms with E-state index in [1.54, 1.807) is 0 Å². The number of thioether (sulfide) groups is 1. The van der Waals surface area contributed by atoms with Gasteiger partial charge in [-0.1, -0.05) is 48.5 Å². The van der Waals surface area contributed by atoms with Crippen LogP contribution in [-0.2, 0) is 10.6 Å². The van der Waals surface area contributed by atoms with Crippen molar-refractivity contribution in [3.8, 4) is 0 Å². The highest BCUT2D eigenvalue weighted by molar-refractivity contribution is 7.98. The Morgan fingerprint density at radius 2 is 1.79 bits per heavy atom. The highest BCUT2D eigenvalue weighted by Gasteiger charge is 2.11. The molecule has 0 atom stereocenters. The van der Waals surface area contributed by atoms with Crippen LogP contribution >= 0.6 is 11.8 Å². The predicted octanol–water partition coefficient (Wildman–Crippen LogP) is 3.85. The second-order valence-corrected chi connectivity index (χ2v) is 5.32. The molecule has 96 valence electrons. The number of benzene rings is 2. The van der Waals surface area contributed by atoms with Crippen molar-refractivity contribution in [3.63, 3.8) is 0 Å². The van der Waals surface area contributed by atoms with E-state index in [0.29, 0.717) is 6.61 Å². The first kappa shape index (κ1) is 12.3. The van der Waals surface area contributed by atoms with Crippen LogP contribution in [0.1, 0.15) is 11.1 Å². The van der Waals surface area contributed by atoms with Gasteiger partial charge in [0.1, 0.15) is 0 Å². The molecule has 0 aliphatic carbocycles. The number of nitrogens with one attached hydrogen (secondary N) is 1. The highest BCUT2D eigenvalue weighted by atomic mass is 32.2. The second-order valence-electron chi connectivity index (χ2n) is 4.30. The zero-order valence-corrected chi connectivity index (χ0v) is 11.3. The van der Waals surface area contributed by atoms with E-state index in [1.165, 1.54) is 16.0 Å². The first-order valence-electron chi connectivity index (χ1n) is 6.27. The lowest BCUT2D eigenvalue weighted by Crippen LogP contribution is -2.05. The lowest BCUT2D eigenvalue weighted by atomic mass is 10.1. The molecular weight excluding hydrogens is 254 g/mol. The fourth-order valence-electron chi connectivity index (χ4n) is 2.00. The third-order valence-electron chi connectivity index (χ3n) is 2.97. The van der Waals surface area contributed by atoms with Crippen LogP contribution in [-0.4, -0.2) is 6.61 Å². The molecule has 2 nitrogen and oxygen atoms in total. The maximum absolute atomic E-state index is 5.18. The Balaban J connectivity index is 1.77. The van der Waals surface area contributed by atoms with Crippen molar-refractivity contribution in [3.05, 3.63) is 71.8 Å². The minimum atomic E-state index is 0.632. The van der Waals surface area contributed by atoms with Gasteiger partial charge in [-0.3, -0.25) is 10.3 Å². The average Bonchev–Trinajstić information content (AvgIpc) is 3.01. The Morgan fingerprint density at radius 3 is 2.58 bits per heavy atom. The first-order chi connectivity index (χ1) is 9.43. The van der Waals surface area contributed by atoms with E-state index in [-0.39, 0.29) is 0 Å². The molecular formula is C16H15NOS. The summed E-state index contributed by atoms with van der Waals surface area (Å²) in [5.74, 6) is 0.978. The molecule has 0 fully saturated rings. The van der Waals surface area contributed by atoms with Crippen LogP contribution in [0.2, 0.25) is 0 Å². The zero-order chi connectivity index (χ0) is 12.9. The quantitative estimate of drug-likeness (QED) is 0.852. The fraction of sp³-hybridized carbons (Fsp3) is 0.125. The number of hydroxylamine groups is 1. The van der Waals surface area contributed by atoms with Gasteiger partial charge in [-0.15, -0.1) is 11.8 Å². The Labute approximate surface area is 117 Å². The molecule has 0 radical (unpaired) electrons. The van der Waals surface area contributed by atoms with Gasteiger partial charge in [0.05, 0.1) is 12.3 Å². The molecule has 2 aromatic carbocycles. The molecule has 3 rings (SSSR count). The second kappa shape index (κ2) is 5.95. The van der Waals surface area contributed by atoms with Crippen LogP contribution in [0.3, 0.4) is 0 Å². The third kappa shape index (κ3) is 3.00. The van der Waals surface area contributed by atoms with Crippen molar-refractivity contribution in [2.75, 3.05) is 6.61 Å². The van der Waals surface area contributed by atoms with Crippen molar-refractivity contribution in [2.24, 2.45) is 0 Å². The fourth-order valence-corrected chi connectivity index (χ4v) is 3.02. The molecule has 3 heteroatoms. The van der Waals surface area contributed by atoms with Crippen LogP contribution in [0.4, 0.5) is 0 Å². The Hall–Kier alpha value is -1.71. The normalized spacial score (nSPS) is 14.0. The van der Waals surface area contributed by atoms with Crippen molar-refractivity contribution < 1.29 is 4.84 Å². The Morgan fingerprint density at radius 1 is 1.00 bits per heavy atom. The van der Waals surface area contributed by atoms with Gasteiger partial charge in [-0.2, -0.15) is 0 Å². The van der Waals surface area contributed by atoms with Gasteiger partial charge in [0.15, 0.2) is 0 Å². The van der Waals surface area contributed by atoms with Crippen LogP contribution in [0, 0.1) is 0 Å². The van der Waals surface area contributed by atoms with Crippen LogP contribution < -0.4 is 5.48 Å². The molecule has 0 saturated carbocycles. The van der Waals surface area contributed by atoms with Gasteiger partial charge in [-0.25, -0.2) is 0 Å². The van der Waals surface area contributed by atoms with Gasteiger partial charge in [-0.05, 0) is 17.7 Å². The van der Waals surface area contributed by atoms with Crippen molar-refractivity contribution in [1.82, 2.24) is 5.48 Å². The molecule has 1 aliphatic heterocycles. The van der Waals surface area contributed by atoms with Crippen molar-refractivity contribution in [1.29, 1.82) is 0 Å². The Kier molecular flexibility index (Phi) is 3.86. The van der Waals surface area contributed by atoms with Gasteiger partial charge < -0.3 is 0 Å². The molecule has 0 amide bonds. The van der Waals surface area contributed by atoms with Gasteiger partial charge in [0.25, 0.3) is 0 Å². The molecule has 19 heavy (non-hydrogen) atoms. The summed E-state index contributed by atoms with van der Waals surface area (Å²) in [5, 5.41) is 0. The summed E-state index contributed by atoms with van der Waals surface area (Å²) in [4.78, 5) is 6.45. The minimum absolute atomic E-state index is 0.632. The largest absolute Gasteiger partial charge is 0.272 e. The highest BCUT2D eigenvalue weighted by Crippen LogP contribution is 2.30. The van der Waals surface area contributed by atoms with Crippen LogP contribution in [0.25, 0.3) is 5.70 Å². The van der Waals surface area contributed by atoms with E-state index in [9.17, 15) is 0 Å². The molecule has 2 aromatic rings. The molecule has 1 aliphatic rings. The number of rotatable bonds is 4. The van der Waals surface area contributed by atoms with Crippen LogP contribution in [0.5, 0.6) is 0 Å². The van der Waals surface area contributed by atoms with Gasteiger partial charge in [0.2, 0.25) is 0 Å². The molecule has 1 heterocycles. The summed E-state index contributed by atoms with van der Waals surface area (Å²) in [6.45, 7) is 0.632. The molecule has 0 bridgehead atoms. The van der Waals surface area contributed by atoms with Gasteiger partial charge >= 0.3 is 0 Å². The molecule has 0 unspecified atom stereocenters. The summed E-state index contributed by atoms with van der Waals surface area (Å²) in [7, 11) is 0. The van der Waals surface area contributed by atoms with Gasteiger partial charge in [0, 0.05) is 16.2 Å². The minimum Gasteiger partial charge on any atom is -0.272 e. The molecule has 1 N–H and O–H groups in total. The SMILES string of the molecule is C1=C(c2ccccc2SCc2ccccc2)NOC1. The van der Waals surface area contributed by atoms with E-state index in [4.69, 9.17) is 4.84 Å². The monoisotopic (exact) mass is 269 g/mol. The lowest BCUT2D eigenvalue weighted by Gasteiger charge is -2.10. The van der Waals surface area contributed by atoms with E-state index in [1.807, 2.05) is 17.8 Å². The standard InChI is InChI=1S/C16H15NOS/c1-2-6-13(7-3-1)12-19-16-9-5-4-8-14(16)15-10-11-18-17-15/h1-10,17H,11-12H2.